The summed E-state index contributed by atoms with van der Waals surface area (Å²) in [5.41, 5.74) is 1.55. The van der Waals surface area contributed by atoms with Crippen molar-refractivity contribution in [3.63, 3.8) is 0 Å². The van der Waals surface area contributed by atoms with Crippen molar-refractivity contribution >= 4 is 23.0 Å². The van der Waals surface area contributed by atoms with Crippen molar-refractivity contribution in [2.75, 3.05) is 7.11 Å². The molecule has 0 bridgehead atoms. The number of ketones is 1. The van der Waals surface area contributed by atoms with Crippen molar-refractivity contribution < 1.29 is 14.3 Å². The van der Waals surface area contributed by atoms with E-state index in [-0.39, 0.29) is 18.1 Å². The van der Waals surface area contributed by atoms with Crippen molar-refractivity contribution in [1.29, 1.82) is 5.26 Å². The molecule has 0 aliphatic carbocycles. The van der Waals surface area contributed by atoms with Gasteiger partial charge in [0.15, 0.2) is 11.7 Å². The summed E-state index contributed by atoms with van der Waals surface area (Å²) in [4.78, 5) is 28.4. The number of methoxy groups -OCH3 is 1. The normalized spacial score (nSPS) is 12.7. The third-order valence-corrected chi connectivity index (χ3v) is 4.66. The van der Waals surface area contributed by atoms with E-state index < -0.39 is 12.0 Å². The van der Waals surface area contributed by atoms with Crippen molar-refractivity contribution in [3.8, 4) is 11.8 Å². The van der Waals surface area contributed by atoms with E-state index in [1.54, 1.807) is 31.4 Å². The van der Waals surface area contributed by atoms with Crippen LogP contribution < -0.4 is 10.1 Å². The molecule has 0 aliphatic rings. The number of carbonyl (C=O) groups is 2. The molecule has 0 radical (unpaired) electrons. The van der Waals surface area contributed by atoms with Gasteiger partial charge in [-0.15, -0.1) is 11.3 Å². The summed E-state index contributed by atoms with van der Waals surface area (Å²) in [6.45, 7) is 3.21. The summed E-state index contributed by atoms with van der Waals surface area (Å²) >= 11 is 1.29. The summed E-state index contributed by atoms with van der Waals surface area (Å²) in [7, 11) is 1.57. The molecule has 0 saturated carbocycles. The first-order chi connectivity index (χ1) is 11.9. The molecule has 2 atom stereocenters. The van der Waals surface area contributed by atoms with E-state index in [9.17, 15) is 14.9 Å². The fourth-order valence-corrected chi connectivity index (χ4v) is 3.28. The number of amides is 1. The van der Waals surface area contributed by atoms with Gasteiger partial charge < -0.3 is 10.1 Å². The van der Waals surface area contributed by atoms with E-state index in [0.29, 0.717) is 10.8 Å². The smallest absolute Gasteiger partial charge is 0.217 e. The number of carbonyl (C=O) groups excluding carboxylic acids is 2. The standard InChI is InChI=1S/C18H19N3O3S/c1-11-10-25-18(20-11)15(9-19)17(23)8-16(21-12(2)22)13-4-6-14(24-3)7-5-13/h4-7,10,15-16H,8H2,1-3H3,(H,21,22). The van der Waals surface area contributed by atoms with Gasteiger partial charge in [-0.05, 0) is 24.6 Å². The molecule has 0 spiro atoms. The number of thiazole rings is 1. The van der Waals surface area contributed by atoms with Crippen molar-refractivity contribution in [2.45, 2.75) is 32.2 Å². The van der Waals surface area contributed by atoms with Gasteiger partial charge in [-0.25, -0.2) is 4.98 Å². The van der Waals surface area contributed by atoms with E-state index in [4.69, 9.17) is 4.74 Å². The molecular formula is C18H19N3O3S. The summed E-state index contributed by atoms with van der Waals surface area (Å²) < 4.78 is 5.12. The molecule has 6 nitrogen and oxygen atoms in total. The topological polar surface area (TPSA) is 92.1 Å². The molecule has 2 aromatic rings. The van der Waals surface area contributed by atoms with Gasteiger partial charge in [0, 0.05) is 24.4 Å². The molecular weight excluding hydrogens is 338 g/mol. The number of aromatic nitrogens is 1. The average Bonchev–Trinajstić information content (AvgIpc) is 3.00. The zero-order chi connectivity index (χ0) is 18.4. The Labute approximate surface area is 150 Å². The molecule has 25 heavy (non-hydrogen) atoms. The van der Waals surface area contributed by atoms with Crippen molar-refractivity contribution in [3.05, 3.63) is 45.9 Å². The van der Waals surface area contributed by atoms with E-state index in [0.717, 1.165) is 11.3 Å². The van der Waals surface area contributed by atoms with Crippen LogP contribution in [-0.2, 0) is 9.59 Å². The highest BCUT2D eigenvalue weighted by Gasteiger charge is 2.27. The van der Waals surface area contributed by atoms with Crippen LogP contribution in [0.15, 0.2) is 29.6 Å². The van der Waals surface area contributed by atoms with Crippen LogP contribution in [0.2, 0.25) is 0 Å². The lowest BCUT2D eigenvalue weighted by atomic mass is 9.95. The highest BCUT2D eigenvalue weighted by atomic mass is 32.1. The van der Waals surface area contributed by atoms with Crippen LogP contribution in [0.5, 0.6) is 5.75 Å². The average molecular weight is 357 g/mol. The van der Waals surface area contributed by atoms with Crippen LogP contribution >= 0.6 is 11.3 Å². The Hall–Kier alpha value is -2.72. The highest BCUT2D eigenvalue weighted by molar-refractivity contribution is 7.09. The predicted molar refractivity (Wildman–Crippen MR) is 94.4 cm³/mol. The maximum Gasteiger partial charge on any atom is 0.217 e. The third kappa shape index (κ3) is 4.88. The largest absolute Gasteiger partial charge is 0.497 e. The molecule has 0 saturated heterocycles. The second-order valence-corrected chi connectivity index (χ2v) is 6.48. The maximum absolute atomic E-state index is 12.6. The van der Waals surface area contributed by atoms with Crippen LogP contribution in [-0.4, -0.2) is 23.8 Å². The number of benzene rings is 1. The van der Waals surface area contributed by atoms with Gasteiger partial charge in [-0.2, -0.15) is 5.26 Å². The van der Waals surface area contributed by atoms with Gasteiger partial charge in [0.2, 0.25) is 5.91 Å². The summed E-state index contributed by atoms with van der Waals surface area (Å²) in [6.07, 6.45) is 0.0166. The Morgan fingerprint density at radius 2 is 2.04 bits per heavy atom. The Morgan fingerprint density at radius 3 is 2.52 bits per heavy atom. The summed E-state index contributed by atoms with van der Waals surface area (Å²) in [5, 5.41) is 14.5. The van der Waals surface area contributed by atoms with Crippen LogP contribution in [0.25, 0.3) is 0 Å². The lowest BCUT2D eigenvalue weighted by molar-refractivity contribution is -0.121. The molecule has 0 aliphatic heterocycles. The Morgan fingerprint density at radius 1 is 1.36 bits per heavy atom. The number of Topliss-reactive ketones (excluding diaryl/α,β-unsaturated/α-hetero) is 1. The first kappa shape index (κ1) is 18.6. The number of aryl methyl sites for hydroxylation is 1. The number of hydrogen-bond donors (Lipinski definition) is 1. The number of nitrogens with zero attached hydrogens (tertiary/aromatic N) is 2. The lowest BCUT2D eigenvalue weighted by Gasteiger charge is -2.19. The molecule has 1 heterocycles. The maximum atomic E-state index is 12.6. The van der Waals surface area contributed by atoms with E-state index in [2.05, 4.69) is 10.3 Å². The van der Waals surface area contributed by atoms with Crippen LogP contribution in [0.3, 0.4) is 0 Å². The number of rotatable bonds is 7. The predicted octanol–water partition coefficient (Wildman–Crippen LogP) is 2.90. The first-order valence-corrected chi connectivity index (χ1v) is 8.58. The second kappa shape index (κ2) is 8.40. The zero-order valence-electron chi connectivity index (χ0n) is 14.3. The van der Waals surface area contributed by atoms with Crippen LogP contribution in [0.4, 0.5) is 0 Å². The number of ether oxygens (including phenoxy) is 1. The van der Waals surface area contributed by atoms with E-state index in [1.165, 1.54) is 18.3 Å². The van der Waals surface area contributed by atoms with Gasteiger partial charge >= 0.3 is 0 Å². The van der Waals surface area contributed by atoms with E-state index >= 15 is 0 Å². The number of nitriles is 1. The van der Waals surface area contributed by atoms with Gasteiger partial charge in [0.25, 0.3) is 0 Å². The van der Waals surface area contributed by atoms with Gasteiger partial charge in [-0.3, -0.25) is 9.59 Å². The molecule has 2 unspecified atom stereocenters. The minimum atomic E-state index is -0.923. The minimum Gasteiger partial charge on any atom is -0.497 e. The zero-order valence-corrected chi connectivity index (χ0v) is 15.1. The van der Waals surface area contributed by atoms with Gasteiger partial charge in [-0.1, -0.05) is 12.1 Å². The van der Waals surface area contributed by atoms with Gasteiger partial charge in [0.05, 0.1) is 19.2 Å². The van der Waals surface area contributed by atoms with Crippen LogP contribution in [0.1, 0.15) is 41.6 Å². The molecule has 1 amide bonds. The molecule has 0 fully saturated rings. The third-order valence-electron chi connectivity index (χ3n) is 3.64. The Balaban J connectivity index is 2.21. The van der Waals surface area contributed by atoms with Crippen molar-refractivity contribution in [2.24, 2.45) is 0 Å². The van der Waals surface area contributed by atoms with Crippen LogP contribution in [0, 0.1) is 18.3 Å². The fraction of sp³-hybridized carbons (Fsp3) is 0.333. The van der Waals surface area contributed by atoms with Gasteiger partial charge in [0.1, 0.15) is 10.8 Å². The number of nitrogens with one attached hydrogen (secondary N) is 1. The second-order valence-electron chi connectivity index (χ2n) is 5.59. The Bertz CT molecular complexity index is 793. The summed E-state index contributed by atoms with van der Waals surface area (Å²) in [6, 6.07) is 8.63. The Kier molecular flexibility index (Phi) is 6.25. The number of hydrogen-bond acceptors (Lipinski definition) is 6. The molecule has 7 heteroatoms. The quantitative estimate of drug-likeness (QED) is 0.822. The summed E-state index contributed by atoms with van der Waals surface area (Å²) in [5.74, 6) is -0.753. The SMILES string of the molecule is COc1ccc(C(CC(=O)C(C#N)c2nc(C)cs2)NC(C)=O)cc1. The lowest BCUT2D eigenvalue weighted by Crippen LogP contribution is -2.29. The highest BCUT2D eigenvalue weighted by Crippen LogP contribution is 2.27. The monoisotopic (exact) mass is 357 g/mol. The molecule has 1 aromatic heterocycles. The molecule has 1 aromatic carbocycles. The van der Waals surface area contributed by atoms with E-state index in [1.807, 2.05) is 18.4 Å². The molecule has 2 rings (SSSR count). The fourth-order valence-electron chi connectivity index (χ4n) is 2.42. The first-order valence-electron chi connectivity index (χ1n) is 7.70. The molecule has 1 N–H and O–H groups in total. The minimum absolute atomic E-state index is 0.0166. The van der Waals surface area contributed by atoms with Crippen molar-refractivity contribution in [1.82, 2.24) is 10.3 Å². The molecule has 130 valence electrons.